The fraction of sp³-hybridized carbons (Fsp3) is 0.500. The molecule has 2 fully saturated rings. The van der Waals surface area contributed by atoms with Crippen LogP contribution in [0.4, 0.5) is 4.79 Å². The van der Waals surface area contributed by atoms with Crippen molar-refractivity contribution in [3.8, 4) is 16.9 Å². The first-order valence-corrected chi connectivity index (χ1v) is 17.5. The van der Waals surface area contributed by atoms with Crippen LogP contribution in [-0.2, 0) is 23.4 Å². The molecule has 3 aromatic rings. The quantitative estimate of drug-likeness (QED) is 0.0895. The van der Waals surface area contributed by atoms with E-state index >= 15 is 0 Å². The summed E-state index contributed by atoms with van der Waals surface area (Å²) in [6, 6.07) is 13.4. The van der Waals surface area contributed by atoms with Crippen LogP contribution in [0.3, 0.4) is 0 Å². The van der Waals surface area contributed by atoms with Crippen LogP contribution in [0.1, 0.15) is 61.6 Å². The second-order valence-electron chi connectivity index (χ2n) is 12.8. The van der Waals surface area contributed by atoms with Gasteiger partial charge in [-0.05, 0) is 85.9 Å². The number of carbonyl (C=O) groups is 1. The standard InChI is InChI=1S/C36H45Cl2N3O8/c37-28-17-23(21-48-36(12-13-36)27-18-39-15-11-25(27)26-7-3-4-8-32(26)49-24-9-10-24)29(38)16-22(28)6-2-1-5-14-40-35(47)41-19-30(43)33(45)34(46)31(44)20-42/h3-4,7-8,11,15-18,24,30-31,33-34,42-46H,1-2,5-6,9-10,12-14,19-21H2,(H2,40,41,47). The first kappa shape index (κ1) is 37.3. The summed E-state index contributed by atoms with van der Waals surface area (Å²) < 4.78 is 12.8. The molecule has 0 aliphatic heterocycles. The number of pyridine rings is 1. The van der Waals surface area contributed by atoms with Gasteiger partial charge in [0.25, 0.3) is 0 Å². The van der Waals surface area contributed by atoms with Gasteiger partial charge in [0, 0.05) is 46.7 Å². The maximum Gasteiger partial charge on any atom is 0.314 e. The minimum atomic E-state index is -1.75. The highest BCUT2D eigenvalue weighted by atomic mass is 35.5. The molecule has 49 heavy (non-hydrogen) atoms. The molecule has 1 heterocycles. The third-order valence-corrected chi connectivity index (χ3v) is 9.64. The molecule has 266 valence electrons. The number of aromatic nitrogens is 1. The predicted octanol–water partition coefficient (Wildman–Crippen LogP) is 4.25. The second kappa shape index (κ2) is 17.3. The maximum atomic E-state index is 12.0. The molecule has 0 bridgehead atoms. The minimum Gasteiger partial charge on any atom is -0.490 e. The van der Waals surface area contributed by atoms with Crippen LogP contribution in [0.2, 0.25) is 10.0 Å². The van der Waals surface area contributed by atoms with Crippen LogP contribution < -0.4 is 15.4 Å². The highest BCUT2D eigenvalue weighted by Crippen LogP contribution is 2.53. The highest BCUT2D eigenvalue weighted by Gasteiger charge is 2.48. The van der Waals surface area contributed by atoms with E-state index in [4.69, 9.17) is 37.8 Å². The van der Waals surface area contributed by atoms with Gasteiger partial charge in [-0.2, -0.15) is 0 Å². The minimum absolute atomic E-state index is 0.289. The number of urea groups is 1. The van der Waals surface area contributed by atoms with Crippen molar-refractivity contribution in [2.75, 3.05) is 19.7 Å². The van der Waals surface area contributed by atoms with Crippen molar-refractivity contribution in [3.05, 3.63) is 81.6 Å². The number of nitrogens with one attached hydrogen (secondary N) is 2. The van der Waals surface area contributed by atoms with Gasteiger partial charge in [0.2, 0.25) is 0 Å². The topological polar surface area (TPSA) is 174 Å². The molecule has 11 nitrogen and oxygen atoms in total. The molecule has 4 unspecified atom stereocenters. The number of nitrogens with zero attached hydrogens (tertiary/aromatic N) is 1. The number of aliphatic hydroxyl groups is 5. The number of halogens is 2. The van der Waals surface area contributed by atoms with Crippen LogP contribution in [0.25, 0.3) is 11.1 Å². The molecular weight excluding hydrogens is 673 g/mol. The number of para-hydroxylation sites is 1. The first-order chi connectivity index (χ1) is 23.6. The van der Waals surface area contributed by atoms with Crippen molar-refractivity contribution in [3.63, 3.8) is 0 Å². The summed E-state index contributed by atoms with van der Waals surface area (Å²) in [5.74, 6) is 0.879. The van der Waals surface area contributed by atoms with Crippen LogP contribution in [0.15, 0.2) is 54.9 Å². The number of benzene rings is 2. The van der Waals surface area contributed by atoms with E-state index in [1.54, 1.807) is 6.20 Å². The molecule has 1 aromatic heterocycles. The van der Waals surface area contributed by atoms with Gasteiger partial charge in [0.1, 0.15) is 24.1 Å². The molecule has 0 radical (unpaired) electrons. The molecule has 5 rings (SSSR count). The van der Waals surface area contributed by atoms with Gasteiger partial charge < -0.3 is 45.6 Å². The predicted molar refractivity (Wildman–Crippen MR) is 186 cm³/mol. The van der Waals surface area contributed by atoms with Crippen LogP contribution >= 0.6 is 23.2 Å². The number of carbonyl (C=O) groups excluding carboxylic acids is 1. The van der Waals surface area contributed by atoms with Gasteiger partial charge in [-0.15, -0.1) is 0 Å². The molecule has 0 spiro atoms. The van der Waals surface area contributed by atoms with Crippen LogP contribution in [0.5, 0.6) is 5.75 Å². The summed E-state index contributed by atoms with van der Waals surface area (Å²) in [5.41, 5.74) is 4.44. The number of rotatable bonds is 19. The summed E-state index contributed by atoms with van der Waals surface area (Å²) in [7, 11) is 0. The Balaban J connectivity index is 1.06. The lowest BCUT2D eigenvalue weighted by Crippen LogP contribution is -2.50. The second-order valence-corrected chi connectivity index (χ2v) is 13.6. The van der Waals surface area contributed by atoms with Crippen molar-refractivity contribution in [2.45, 2.75) is 94.1 Å². The molecule has 13 heteroatoms. The number of aryl methyl sites for hydroxylation is 1. The lowest BCUT2D eigenvalue weighted by Gasteiger charge is -2.25. The number of unbranched alkanes of at least 4 members (excludes halogenated alkanes) is 2. The van der Waals surface area contributed by atoms with Gasteiger partial charge in [-0.25, -0.2) is 4.79 Å². The molecule has 2 aromatic carbocycles. The Hall–Kier alpha value is -3.00. The summed E-state index contributed by atoms with van der Waals surface area (Å²) in [6.45, 7) is -0.429. The maximum absolute atomic E-state index is 12.0. The molecule has 2 aliphatic carbocycles. The van der Waals surface area contributed by atoms with E-state index < -0.39 is 42.7 Å². The highest BCUT2D eigenvalue weighted by molar-refractivity contribution is 6.34. The van der Waals surface area contributed by atoms with E-state index in [0.717, 1.165) is 72.1 Å². The van der Waals surface area contributed by atoms with Gasteiger partial charge in [0.15, 0.2) is 0 Å². The number of hydrogen-bond donors (Lipinski definition) is 7. The van der Waals surface area contributed by atoms with E-state index in [-0.39, 0.29) is 12.6 Å². The third-order valence-electron chi connectivity index (χ3n) is 8.94. The number of ether oxygens (including phenoxy) is 2. The van der Waals surface area contributed by atoms with Crippen molar-refractivity contribution < 1.29 is 39.8 Å². The van der Waals surface area contributed by atoms with Gasteiger partial charge in [0.05, 0.1) is 31.0 Å². The summed E-state index contributed by atoms with van der Waals surface area (Å²) in [4.78, 5) is 16.4. The average Bonchev–Trinajstić information content (AvgIpc) is 4.06. The Morgan fingerprint density at radius 3 is 2.37 bits per heavy atom. The van der Waals surface area contributed by atoms with Crippen molar-refractivity contribution in [1.29, 1.82) is 0 Å². The summed E-state index contributed by atoms with van der Waals surface area (Å²) >= 11 is 13.4. The van der Waals surface area contributed by atoms with E-state index in [1.807, 2.05) is 42.6 Å². The normalized spacial score (nSPS) is 17.5. The Kier molecular flexibility index (Phi) is 13.1. The molecular formula is C36H45Cl2N3O8. The zero-order valence-corrected chi connectivity index (χ0v) is 28.7. The van der Waals surface area contributed by atoms with E-state index in [1.165, 1.54) is 0 Å². The molecule has 0 saturated heterocycles. The third kappa shape index (κ3) is 10.0. The Morgan fingerprint density at radius 2 is 1.63 bits per heavy atom. The largest absolute Gasteiger partial charge is 0.490 e. The lowest BCUT2D eigenvalue weighted by molar-refractivity contribution is -0.113. The Bertz CT molecular complexity index is 1550. The number of hydrogen-bond acceptors (Lipinski definition) is 9. The van der Waals surface area contributed by atoms with Gasteiger partial charge in [-0.1, -0.05) is 47.8 Å². The van der Waals surface area contributed by atoms with Gasteiger partial charge >= 0.3 is 6.03 Å². The lowest BCUT2D eigenvalue weighted by atomic mass is 9.96. The molecule has 4 atom stereocenters. The van der Waals surface area contributed by atoms with Gasteiger partial charge in [-0.3, -0.25) is 4.98 Å². The zero-order chi connectivity index (χ0) is 35.0. The molecule has 2 saturated carbocycles. The van der Waals surface area contributed by atoms with E-state index in [2.05, 4.69) is 21.7 Å². The Morgan fingerprint density at radius 1 is 0.918 bits per heavy atom. The van der Waals surface area contributed by atoms with Crippen molar-refractivity contribution in [1.82, 2.24) is 15.6 Å². The van der Waals surface area contributed by atoms with Crippen molar-refractivity contribution >= 4 is 29.2 Å². The van der Waals surface area contributed by atoms with Crippen LogP contribution in [-0.4, -0.2) is 86.8 Å². The molecule has 2 amide bonds. The fourth-order valence-corrected chi connectivity index (χ4v) is 6.19. The Labute approximate surface area is 296 Å². The zero-order valence-electron chi connectivity index (χ0n) is 27.2. The summed E-state index contributed by atoms with van der Waals surface area (Å²) in [5, 5.41) is 53.9. The number of aliphatic hydroxyl groups excluding tert-OH is 5. The molecule has 7 N–H and O–H groups in total. The monoisotopic (exact) mass is 717 g/mol. The van der Waals surface area contributed by atoms with E-state index in [0.29, 0.717) is 36.0 Å². The van der Waals surface area contributed by atoms with E-state index in [9.17, 15) is 25.2 Å². The number of amides is 2. The SMILES string of the molecule is O=C(NCCCCCc1cc(Cl)c(COC2(c3cnccc3-c3ccccc3OC3CC3)CC2)cc1Cl)NCC(O)C(O)C(O)C(O)CO. The summed E-state index contributed by atoms with van der Waals surface area (Å²) in [6.07, 6.45) is 4.34. The van der Waals surface area contributed by atoms with Crippen molar-refractivity contribution in [2.24, 2.45) is 0 Å². The first-order valence-electron chi connectivity index (χ1n) is 16.8. The fourth-order valence-electron chi connectivity index (χ4n) is 5.66. The van der Waals surface area contributed by atoms with Crippen LogP contribution in [0, 0.1) is 0 Å². The average molecular weight is 719 g/mol. The smallest absolute Gasteiger partial charge is 0.314 e. The molecule has 2 aliphatic rings.